The Morgan fingerprint density at radius 1 is 1.33 bits per heavy atom. The van der Waals surface area contributed by atoms with Crippen LogP contribution in [0.5, 0.6) is 0 Å². The van der Waals surface area contributed by atoms with Gasteiger partial charge in [-0.05, 0) is 18.2 Å². The van der Waals surface area contributed by atoms with Gasteiger partial charge in [0.15, 0.2) is 5.78 Å². The molecule has 0 bridgehead atoms. The lowest BCUT2D eigenvalue weighted by Gasteiger charge is -2.16. The molecule has 0 saturated carbocycles. The zero-order valence-electron chi connectivity index (χ0n) is 7.87. The number of hydrogen-bond acceptors (Lipinski definition) is 3. The number of anilines is 2. The van der Waals surface area contributed by atoms with Crippen LogP contribution in [-0.4, -0.2) is 18.2 Å². The summed E-state index contributed by atoms with van der Waals surface area (Å²) >= 11 is 3.28. The van der Waals surface area contributed by atoms with Gasteiger partial charge in [-0.3, -0.25) is 9.59 Å². The first-order chi connectivity index (χ1) is 7.08. The van der Waals surface area contributed by atoms with Crippen LogP contribution in [0, 0.1) is 0 Å². The monoisotopic (exact) mass is 268 g/mol. The molecule has 0 aromatic heterocycles. The molecule has 0 unspecified atom stereocenters. The summed E-state index contributed by atoms with van der Waals surface area (Å²) in [6, 6.07) is 5.24. The number of carbonyl (C=O) groups excluding carboxylic acids is 2. The van der Waals surface area contributed by atoms with E-state index in [1.54, 1.807) is 18.2 Å². The third kappa shape index (κ3) is 1.87. The van der Waals surface area contributed by atoms with Crippen molar-refractivity contribution in [2.24, 2.45) is 0 Å². The van der Waals surface area contributed by atoms with E-state index in [4.69, 9.17) is 5.73 Å². The second-order valence-corrected chi connectivity index (χ2v) is 4.31. The number of Topliss-reactive ketones (excluding diaryl/α,β-unsaturated/α-hetero) is 1. The van der Waals surface area contributed by atoms with Gasteiger partial charge in [0.05, 0.1) is 24.3 Å². The smallest absolute Gasteiger partial charge is 0.234 e. The molecule has 1 fully saturated rings. The summed E-state index contributed by atoms with van der Waals surface area (Å²) in [4.78, 5) is 24.0. The first-order valence-corrected chi connectivity index (χ1v) is 5.24. The second-order valence-electron chi connectivity index (χ2n) is 3.40. The largest absolute Gasteiger partial charge is 0.397 e. The summed E-state index contributed by atoms with van der Waals surface area (Å²) in [5.74, 6) is -0.253. The van der Waals surface area contributed by atoms with Crippen LogP contribution < -0.4 is 10.6 Å². The molecule has 78 valence electrons. The number of halogens is 1. The lowest BCUT2D eigenvalue weighted by atomic mass is 10.2. The molecule has 1 aromatic carbocycles. The van der Waals surface area contributed by atoms with Crippen LogP contribution in [0.4, 0.5) is 11.4 Å². The van der Waals surface area contributed by atoms with Crippen molar-refractivity contribution in [1.82, 2.24) is 0 Å². The number of amides is 1. The summed E-state index contributed by atoms with van der Waals surface area (Å²) in [5.41, 5.74) is 6.87. The minimum atomic E-state index is -0.186. The zero-order chi connectivity index (χ0) is 11.0. The molecular weight excluding hydrogens is 260 g/mol. The Balaban J connectivity index is 2.38. The van der Waals surface area contributed by atoms with Gasteiger partial charge in [-0.15, -0.1) is 0 Å². The van der Waals surface area contributed by atoms with Crippen molar-refractivity contribution in [3.8, 4) is 0 Å². The fourth-order valence-corrected chi connectivity index (χ4v) is 1.95. The lowest BCUT2D eigenvalue weighted by molar-refractivity contribution is -0.121. The second kappa shape index (κ2) is 3.66. The SMILES string of the molecule is Nc1cc(Br)ccc1N1CC(=O)CC1=O. The van der Waals surface area contributed by atoms with E-state index in [-0.39, 0.29) is 24.7 Å². The summed E-state index contributed by atoms with van der Waals surface area (Å²) in [6.45, 7) is 0.130. The van der Waals surface area contributed by atoms with Crippen molar-refractivity contribution in [3.63, 3.8) is 0 Å². The van der Waals surface area contributed by atoms with Gasteiger partial charge < -0.3 is 10.6 Å². The van der Waals surface area contributed by atoms with Gasteiger partial charge >= 0.3 is 0 Å². The number of nitrogens with two attached hydrogens (primary N) is 1. The molecule has 0 spiro atoms. The molecule has 1 aromatic rings. The molecular formula is C10H9BrN2O2. The Bertz CT molecular complexity index is 445. The van der Waals surface area contributed by atoms with Crippen molar-refractivity contribution in [2.45, 2.75) is 6.42 Å². The van der Waals surface area contributed by atoms with E-state index >= 15 is 0 Å². The molecule has 1 saturated heterocycles. The van der Waals surface area contributed by atoms with Crippen LogP contribution in [-0.2, 0) is 9.59 Å². The van der Waals surface area contributed by atoms with Crippen LogP contribution in [0.3, 0.4) is 0 Å². The average molecular weight is 269 g/mol. The van der Waals surface area contributed by atoms with Crippen LogP contribution >= 0.6 is 15.9 Å². The predicted molar refractivity (Wildman–Crippen MR) is 60.5 cm³/mol. The van der Waals surface area contributed by atoms with E-state index in [9.17, 15) is 9.59 Å². The predicted octanol–water partition coefficient (Wildman–Crippen LogP) is 1.34. The third-order valence-electron chi connectivity index (χ3n) is 2.26. The molecule has 5 heteroatoms. The van der Waals surface area contributed by atoms with Gasteiger partial charge in [0.2, 0.25) is 5.91 Å². The van der Waals surface area contributed by atoms with Crippen molar-refractivity contribution in [3.05, 3.63) is 22.7 Å². The van der Waals surface area contributed by atoms with Crippen molar-refractivity contribution < 1.29 is 9.59 Å². The number of nitrogens with zero attached hydrogens (tertiary/aromatic N) is 1. The molecule has 0 atom stereocenters. The van der Waals surface area contributed by atoms with E-state index in [0.29, 0.717) is 11.4 Å². The summed E-state index contributed by atoms with van der Waals surface area (Å²) in [5, 5.41) is 0. The minimum absolute atomic E-state index is 0.0183. The molecule has 1 heterocycles. The molecule has 0 radical (unpaired) electrons. The maximum Gasteiger partial charge on any atom is 0.234 e. The van der Waals surface area contributed by atoms with E-state index < -0.39 is 0 Å². The highest BCUT2D eigenvalue weighted by atomic mass is 79.9. The Morgan fingerprint density at radius 3 is 2.60 bits per heavy atom. The van der Waals surface area contributed by atoms with E-state index in [1.165, 1.54) is 4.90 Å². The maximum atomic E-state index is 11.5. The highest BCUT2D eigenvalue weighted by Crippen LogP contribution is 2.28. The fourth-order valence-electron chi connectivity index (χ4n) is 1.58. The number of benzene rings is 1. The Hall–Kier alpha value is -1.36. The fraction of sp³-hybridized carbons (Fsp3) is 0.200. The van der Waals surface area contributed by atoms with Gasteiger partial charge in [0, 0.05) is 4.47 Å². The minimum Gasteiger partial charge on any atom is -0.397 e. The van der Waals surface area contributed by atoms with Gasteiger partial charge in [0.1, 0.15) is 0 Å². The molecule has 1 amide bonds. The molecule has 4 nitrogen and oxygen atoms in total. The standard InChI is InChI=1S/C10H9BrN2O2/c11-6-1-2-9(8(12)3-6)13-5-7(14)4-10(13)15/h1-3H,4-5,12H2. The van der Waals surface area contributed by atoms with Gasteiger partial charge in [-0.25, -0.2) is 0 Å². The Labute approximate surface area is 95.2 Å². The van der Waals surface area contributed by atoms with Crippen molar-refractivity contribution >= 4 is 39.0 Å². The summed E-state index contributed by atoms with van der Waals surface area (Å²) in [6.07, 6.45) is -0.0183. The normalized spacial score (nSPS) is 16.2. The van der Waals surface area contributed by atoms with Crippen LogP contribution in [0.1, 0.15) is 6.42 Å². The number of carbonyl (C=O) groups is 2. The number of rotatable bonds is 1. The number of ketones is 1. The van der Waals surface area contributed by atoms with Gasteiger partial charge in [0.25, 0.3) is 0 Å². The maximum absolute atomic E-state index is 11.5. The van der Waals surface area contributed by atoms with Crippen molar-refractivity contribution in [1.29, 1.82) is 0 Å². The van der Waals surface area contributed by atoms with Gasteiger partial charge in [-0.2, -0.15) is 0 Å². The van der Waals surface area contributed by atoms with E-state index in [2.05, 4.69) is 15.9 Å². The van der Waals surface area contributed by atoms with Crippen LogP contribution in [0.25, 0.3) is 0 Å². The molecule has 0 aliphatic carbocycles. The molecule has 1 aliphatic rings. The quantitative estimate of drug-likeness (QED) is 0.618. The van der Waals surface area contributed by atoms with Crippen LogP contribution in [0.2, 0.25) is 0 Å². The molecule has 1 aliphatic heterocycles. The van der Waals surface area contributed by atoms with E-state index in [0.717, 1.165) is 4.47 Å². The molecule has 2 N–H and O–H groups in total. The Kier molecular flexibility index (Phi) is 2.48. The molecule has 2 rings (SSSR count). The van der Waals surface area contributed by atoms with Crippen molar-refractivity contribution in [2.75, 3.05) is 17.2 Å². The Morgan fingerprint density at radius 2 is 2.07 bits per heavy atom. The highest BCUT2D eigenvalue weighted by molar-refractivity contribution is 9.10. The topological polar surface area (TPSA) is 63.4 Å². The first kappa shape index (κ1) is 10.2. The van der Waals surface area contributed by atoms with E-state index in [1.807, 2.05) is 0 Å². The number of nitrogen functional groups attached to an aromatic ring is 1. The summed E-state index contributed by atoms with van der Waals surface area (Å²) in [7, 11) is 0. The summed E-state index contributed by atoms with van der Waals surface area (Å²) < 4.78 is 0.849. The molecule has 15 heavy (non-hydrogen) atoms. The zero-order valence-corrected chi connectivity index (χ0v) is 9.45. The number of hydrogen-bond donors (Lipinski definition) is 1. The first-order valence-electron chi connectivity index (χ1n) is 4.45. The average Bonchev–Trinajstić information content (AvgIpc) is 2.45. The highest BCUT2D eigenvalue weighted by Gasteiger charge is 2.29. The lowest BCUT2D eigenvalue weighted by Crippen LogP contribution is -2.25. The third-order valence-corrected chi connectivity index (χ3v) is 2.76. The van der Waals surface area contributed by atoms with Gasteiger partial charge in [-0.1, -0.05) is 15.9 Å². The van der Waals surface area contributed by atoms with Crippen LogP contribution in [0.15, 0.2) is 22.7 Å².